The van der Waals surface area contributed by atoms with Crippen molar-refractivity contribution in [2.24, 2.45) is 0 Å². The number of cyclic esters (lactones) is 1. The van der Waals surface area contributed by atoms with Crippen LogP contribution in [0, 0.1) is 0 Å². The van der Waals surface area contributed by atoms with E-state index in [1.54, 1.807) is 12.1 Å². The average Bonchev–Trinajstić information content (AvgIpc) is 3.22. The lowest BCUT2D eigenvalue weighted by Crippen LogP contribution is -2.43. The Morgan fingerprint density at radius 2 is 1.67 bits per heavy atom. The van der Waals surface area contributed by atoms with Gasteiger partial charge in [0.05, 0.1) is 5.56 Å². The van der Waals surface area contributed by atoms with Crippen LogP contribution in [0.3, 0.4) is 0 Å². The van der Waals surface area contributed by atoms with Crippen molar-refractivity contribution in [1.82, 2.24) is 5.32 Å². The van der Waals surface area contributed by atoms with Gasteiger partial charge in [0.25, 0.3) is 5.91 Å². The molecule has 0 spiro atoms. The largest absolute Gasteiger partial charge is 0.459 e. The Morgan fingerprint density at radius 3 is 2.50 bits per heavy atom. The predicted molar refractivity (Wildman–Crippen MR) is 112 cm³/mol. The van der Waals surface area contributed by atoms with Gasteiger partial charge in [-0.2, -0.15) is 0 Å². The summed E-state index contributed by atoms with van der Waals surface area (Å²) in [5, 5.41) is 3.98. The first-order valence-electron chi connectivity index (χ1n) is 9.82. The molecule has 1 amide bonds. The molecule has 4 aromatic rings. The van der Waals surface area contributed by atoms with E-state index in [1.165, 1.54) is 0 Å². The molecule has 1 aromatic heterocycles. The van der Waals surface area contributed by atoms with E-state index in [0.717, 1.165) is 22.1 Å². The smallest absolute Gasteiger partial charge is 0.339 e. The molecule has 2 heterocycles. The van der Waals surface area contributed by atoms with Crippen LogP contribution in [-0.2, 0) is 16.0 Å². The van der Waals surface area contributed by atoms with Crippen LogP contribution in [0.15, 0.2) is 89.3 Å². The van der Waals surface area contributed by atoms with Gasteiger partial charge in [-0.1, -0.05) is 66.7 Å². The molecule has 0 fully saturated rings. The Kier molecular flexibility index (Phi) is 4.56. The van der Waals surface area contributed by atoms with Gasteiger partial charge < -0.3 is 14.5 Å². The minimum absolute atomic E-state index is 0.343. The van der Waals surface area contributed by atoms with Crippen LogP contribution >= 0.6 is 0 Å². The van der Waals surface area contributed by atoms with Gasteiger partial charge in [0.1, 0.15) is 17.4 Å². The monoisotopic (exact) mass is 397 g/mol. The van der Waals surface area contributed by atoms with E-state index >= 15 is 0 Å². The van der Waals surface area contributed by atoms with Crippen LogP contribution in [0.4, 0.5) is 0 Å². The van der Waals surface area contributed by atoms with Crippen molar-refractivity contribution >= 4 is 22.8 Å². The number of hydrogen-bond donors (Lipinski definition) is 1. The van der Waals surface area contributed by atoms with Gasteiger partial charge in [-0.15, -0.1) is 0 Å². The van der Waals surface area contributed by atoms with Gasteiger partial charge in [0, 0.05) is 11.8 Å². The normalized spacial score (nSPS) is 16.5. The van der Waals surface area contributed by atoms with E-state index < -0.39 is 18.1 Å². The van der Waals surface area contributed by atoms with E-state index in [2.05, 4.69) is 5.32 Å². The first-order valence-corrected chi connectivity index (χ1v) is 9.82. The number of amides is 1. The van der Waals surface area contributed by atoms with Gasteiger partial charge in [0.2, 0.25) is 0 Å². The molecule has 0 aliphatic carbocycles. The zero-order valence-electron chi connectivity index (χ0n) is 16.1. The fraction of sp³-hybridized carbons (Fsp3) is 0.120. The Hall–Kier alpha value is -3.86. The van der Waals surface area contributed by atoms with Crippen LogP contribution in [0.2, 0.25) is 0 Å². The Balaban J connectivity index is 1.46. The van der Waals surface area contributed by atoms with Crippen LogP contribution in [0.1, 0.15) is 33.3 Å². The van der Waals surface area contributed by atoms with Gasteiger partial charge in [-0.3, -0.25) is 4.79 Å². The molecule has 0 bridgehead atoms. The predicted octanol–water partition coefficient (Wildman–Crippen LogP) is 4.42. The summed E-state index contributed by atoms with van der Waals surface area (Å²) < 4.78 is 11.5. The van der Waals surface area contributed by atoms with Gasteiger partial charge in [-0.05, 0) is 29.3 Å². The second-order valence-electron chi connectivity index (χ2n) is 7.29. The van der Waals surface area contributed by atoms with E-state index in [4.69, 9.17) is 9.15 Å². The maximum atomic E-state index is 13.1. The Labute approximate surface area is 173 Å². The van der Waals surface area contributed by atoms with E-state index in [1.807, 2.05) is 72.8 Å². The quantitative estimate of drug-likeness (QED) is 0.518. The lowest BCUT2D eigenvalue weighted by Gasteiger charge is -2.26. The molecule has 148 valence electrons. The molecular formula is C25H19NO4. The van der Waals surface area contributed by atoms with Crippen LogP contribution in [0.5, 0.6) is 0 Å². The summed E-state index contributed by atoms with van der Waals surface area (Å²) in [5.41, 5.74) is 2.96. The lowest BCUT2D eigenvalue weighted by atomic mass is 9.97. The molecular weight excluding hydrogens is 378 g/mol. The third kappa shape index (κ3) is 3.35. The van der Waals surface area contributed by atoms with E-state index in [-0.39, 0.29) is 5.91 Å². The number of carbonyl (C=O) groups is 2. The molecule has 3 aromatic carbocycles. The van der Waals surface area contributed by atoms with Gasteiger partial charge in [-0.25, -0.2) is 4.79 Å². The lowest BCUT2D eigenvalue weighted by molar-refractivity contribution is -0.130. The average molecular weight is 397 g/mol. The van der Waals surface area contributed by atoms with E-state index in [9.17, 15) is 9.59 Å². The van der Waals surface area contributed by atoms with Gasteiger partial charge in [0.15, 0.2) is 6.10 Å². The van der Waals surface area contributed by atoms with Crippen molar-refractivity contribution in [3.63, 3.8) is 0 Å². The zero-order chi connectivity index (χ0) is 20.5. The van der Waals surface area contributed by atoms with Crippen molar-refractivity contribution in [3.8, 4) is 0 Å². The summed E-state index contributed by atoms with van der Waals surface area (Å²) in [7, 11) is 0. The molecule has 1 N–H and O–H groups in total. The van der Waals surface area contributed by atoms with Crippen molar-refractivity contribution in [1.29, 1.82) is 0 Å². The standard InChI is InChI=1S/C25H19NO4/c27-24(22-14-17-10-4-6-12-19(17)25(28)30-22)26-23(16-8-2-1-3-9-16)21-15-18-11-5-7-13-20(18)29-21/h1-13,15,22-23H,14H2,(H,26,27)/t22-,23+/m1/s1. The summed E-state index contributed by atoms with van der Waals surface area (Å²) >= 11 is 0. The molecule has 0 saturated heterocycles. The number of fused-ring (bicyclic) bond motifs is 2. The van der Waals surface area contributed by atoms with Crippen LogP contribution in [-0.4, -0.2) is 18.0 Å². The molecule has 0 unspecified atom stereocenters. The number of hydrogen-bond acceptors (Lipinski definition) is 4. The van der Waals surface area contributed by atoms with E-state index in [0.29, 0.717) is 17.7 Å². The first-order chi connectivity index (χ1) is 14.7. The first kappa shape index (κ1) is 18.2. The van der Waals surface area contributed by atoms with Crippen molar-refractivity contribution in [3.05, 3.63) is 107 Å². The molecule has 2 atom stereocenters. The Morgan fingerprint density at radius 1 is 0.933 bits per heavy atom. The molecule has 1 aliphatic rings. The molecule has 5 rings (SSSR count). The highest BCUT2D eigenvalue weighted by Gasteiger charge is 2.33. The second kappa shape index (κ2) is 7.52. The minimum Gasteiger partial charge on any atom is -0.459 e. The van der Waals surface area contributed by atoms with Crippen LogP contribution < -0.4 is 5.32 Å². The third-order valence-electron chi connectivity index (χ3n) is 5.33. The summed E-state index contributed by atoms with van der Waals surface area (Å²) in [6.45, 7) is 0. The highest BCUT2D eigenvalue weighted by Crippen LogP contribution is 2.29. The van der Waals surface area contributed by atoms with Crippen LogP contribution in [0.25, 0.3) is 11.0 Å². The summed E-state index contributed by atoms with van der Waals surface area (Å²) in [4.78, 5) is 25.4. The molecule has 0 saturated carbocycles. The number of ether oxygens (including phenoxy) is 1. The summed E-state index contributed by atoms with van der Waals surface area (Å²) in [6.07, 6.45) is -0.543. The third-order valence-corrected chi connectivity index (χ3v) is 5.33. The fourth-order valence-electron chi connectivity index (χ4n) is 3.82. The van der Waals surface area contributed by atoms with Crippen molar-refractivity contribution in [2.75, 3.05) is 0 Å². The number of benzene rings is 3. The number of rotatable bonds is 4. The summed E-state index contributed by atoms with van der Waals surface area (Å²) in [6, 6.07) is 25.9. The summed E-state index contributed by atoms with van der Waals surface area (Å²) in [5.74, 6) is -0.206. The molecule has 5 nitrogen and oxygen atoms in total. The molecule has 1 aliphatic heterocycles. The number of furan rings is 1. The van der Waals surface area contributed by atoms with Crippen molar-refractivity contribution < 1.29 is 18.7 Å². The minimum atomic E-state index is -0.886. The van der Waals surface area contributed by atoms with Gasteiger partial charge >= 0.3 is 5.97 Å². The maximum absolute atomic E-state index is 13.1. The second-order valence-corrected chi connectivity index (χ2v) is 7.29. The Bertz CT molecular complexity index is 1200. The van der Waals surface area contributed by atoms with Crippen molar-refractivity contribution in [2.45, 2.75) is 18.6 Å². The highest BCUT2D eigenvalue weighted by atomic mass is 16.5. The SMILES string of the molecule is O=C1O[C@@H](C(=O)N[C@@H](c2ccccc2)c2cc3ccccc3o2)Cc2ccccc21. The number of carbonyl (C=O) groups excluding carboxylic acids is 2. The zero-order valence-corrected chi connectivity index (χ0v) is 16.1. The topological polar surface area (TPSA) is 68.5 Å². The highest BCUT2D eigenvalue weighted by molar-refractivity contribution is 5.96. The number of para-hydroxylation sites is 1. The number of nitrogens with one attached hydrogen (secondary N) is 1. The molecule has 30 heavy (non-hydrogen) atoms. The number of esters is 1. The fourth-order valence-corrected chi connectivity index (χ4v) is 3.82. The molecule has 0 radical (unpaired) electrons. The maximum Gasteiger partial charge on any atom is 0.339 e. The molecule has 5 heteroatoms.